The number of carbonyl (C=O) groups is 1. The van der Waals surface area contributed by atoms with Gasteiger partial charge in [-0.25, -0.2) is 4.98 Å². The fourth-order valence-electron chi connectivity index (χ4n) is 2.15. The molecule has 0 radical (unpaired) electrons. The lowest BCUT2D eigenvalue weighted by Crippen LogP contribution is -2.16. The van der Waals surface area contributed by atoms with E-state index in [1.165, 1.54) is 0 Å². The summed E-state index contributed by atoms with van der Waals surface area (Å²) in [6.07, 6.45) is 0. The van der Waals surface area contributed by atoms with Crippen LogP contribution in [0, 0.1) is 0 Å². The van der Waals surface area contributed by atoms with Crippen molar-refractivity contribution < 1.29 is 9.90 Å². The lowest BCUT2D eigenvalue weighted by molar-refractivity contribution is -0.118. The molecule has 0 bridgehead atoms. The molecule has 1 amide bonds. The molecule has 2 N–H and O–H groups in total. The smallest absolute Gasteiger partial charge is 0.250 e. The van der Waals surface area contributed by atoms with Crippen LogP contribution in [0.1, 0.15) is 0 Å². The van der Waals surface area contributed by atoms with Gasteiger partial charge in [-0.2, -0.15) is 0 Å². The molecule has 1 aromatic heterocycles. The Morgan fingerprint density at radius 3 is 2.05 bits per heavy atom. The van der Waals surface area contributed by atoms with Gasteiger partial charge in [0.1, 0.15) is 6.61 Å². The maximum Gasteiger partial charge on any atom is 0.250 e. The molecule has 0 fully saturated rings. The first kappa shape index (κ1) is 11.6. The number of rotatable bonds is 2. The van der Waals surface area contributed by atoms with Gasteiger partial charge in [0, 0.05) is 10.8 Å². The van der Waals surface area contributed by atoms with E-state index in [0.29, 0.717) is 5.69 Å². The molecule has 0 spiro atoms. The second kappa shape index (κ2) is 4.66. The SMILES string of the molecule is O=C(CO)Nc1c2ccccc2nc2ccccc12. The molecule has 0 atom stereocenters. The van der Waals surface area contributed by atoms with E-state index in [2.05, 4.69) is 10.3 Å². The van der Waals surface area contributed by atoms with Crippen molar-refractivity contribution in [1.29, 1.82) is 0 Å². The predicted molar refractivity (Wildman–Crippen MR) is 75.0 cm³/mol. The molecule has 0 unspecified atom stereocenters. The van der Waals surface area contributed by atoms with E-state index in [9.17, 15) is 4.79 Å². The predicted octanol–water partition coefficient (Wildman–Crippen LogP) is 2.32. The summed E-state index contributed by atoms with van der Waals surface area (Å²) < 4.78 is 0. The Labute approximate surface area is 109 Å². The molecule has 0 aliphatic heterocycles. The summed E-state index contributed by atoms with van der Waals surface area (Å²) in [6, 6.07) is 15.2. The minimum Gasteiger partial charge on any atom is -0.387 e. The highest BCUT2D eigenvalue weighted by atomic mass is 16.3. The van der Waals surface area contributed by atoms with Gasteiger partial charge in [0.05, 0.1) is 16.7 Å². The van der Waals surface area contributed by atoms with Crippen molar-refractivity contribution in [1.82, 2.24) is 4.98 Å². The van der Waals surface area contributed by atoms with Gasteiger partial charge in [0.2, 0.25) is 5.91 Å². The topological polar surface area (TPSA) is 62.2 Å². The highest BCUT2D eigenvalue weighted by Gasteiger charge is 2.10. The number of carbonyl (C=O) groups excluding carboxylic acids is 1. The maximum absolute atomic E-state index is 11.5. The summed E-state index contributed by atoms with van der Waals surface area (Å²) in [6.45, 7) is -0.537. The van der Waals surface area contributed by atoms with Crippen molar-refractivity contribution in [3.05, 3.63) is 48.5 Å². The molecule has 4 nitrogen and oxygen atoms in total. The number of pyridine rings is 1. The first-order valence-corrected chi connectivity index (χ1v) is 5.98. The number of hydrogen-bond acceptors (Lipinski definition) is 3. The highest BCUT2D eigenvalue weighted by molar-refractivity contribution is 6.12. The van der Waals surface area contributed by atoms with Crippen LogP contribution in [0.4, 0.5) is 5.69 Å². The van der Waals surface area contributed by atoms with Crippen molar-refractivity contribution in [3.8, 4) is 0 Å². The summed E-state index contributed by atoms with van der Waals surface area (Å²) in [5, 5.41) is 13.4. The van der Waals surface area contributed by atoms with Gasteiger partial charge in [-0.15, -0.1) is 0 Å². The summed E-state index contributed by atoms with van der Waals surface area (Å²) >= 11 is 0. The Hall–Kier alpha value is -2.46. The lowest BCUT2D eigenvalue weighted by atomic mass is 10.1. The van der Waals surface area contributed by atoms with E-state index in [-0.39, 0.29) is 0 Å². The summed E-state index contributed by atoms with van der Waals surface area (Å²) in [7, 11) is 0. The quantitative estimate of drug-likeness (QED) is 0.688. The van der Waals surface area contributed by atoms with Crippen LogP contribution in [0.3, 0.4) is 0 Å². The molecule has 94 valence electrons. The van der Waals surface area contributed by atoms with E-state index in [1.807, 2.05) is 48.5 Å². The molecular formula is C15H12N2O2. The summed E-state index contributed by atoms with van der Waals surface area (Å²) in [4.78, 5) is 16.0. The first-order valence-electron chi connectivity index (χ1n) is 5.98. The van der Waals surface area contributed by atoms with Crippen LogP contribution < -0.4 is 5.32 Å². The Morgan fingerprint density at radius 1 is 1.00 bits per heavy atom. The molecule has 0 saturated heterocycles. The molecule has 0 aliphatic carbocycles. The van der Waals surface area contributed by atoms with E-state index in [0.717, 1.165) is 21.8 Å². The third-order valence-electron chi connectivity index (χ3n) is 3.00. The fraction of sp³-hybridized carbons (Fsp3) is 0.0667. The van der Waals surface area contributed by atoms with Crippen molar-refractivity contribution in [2.45, 2.75) is 0 Å². The van der Waals surface area contributed by atoms with Crippen LogP contribution in [0.5, 0.6) is 0 Å². The minimum absolute atomic E-state index is 0.429. The van der Waals surface area contributed by atoms with Gasteiger partial charge in [0.25, 0.3) is 0 Å². The Bertz CT molecular complexity index is 714. The Morgan fingerprint density at radius 2 is 1.53 bits per heavy atom. The van der Waals surface area contributed by atoms with E-state index < -0.39 is 12.5 Å². The van der Waals surface area contributed by atoms with Crippen LogP contribution in [0.15, 0.2) is 48.5 Å². The highest BCUT2D eigenvalue weighted by Crippen LogP contribution is 2.30. The number of anilines is 1. The standard InChI is InChI=1S/C15H12N2O2/c18-9-14(19)17-15-10-5-1-3-7-12(10)16-13-8-4-2-6-11(13)15/h1-8,18H,9H2,(H,16,17,19). The minimum atomic E-state index is -0.537. The zero-order chi connectivity index (χ0) is 13.2. The molecule has 4 heteroatoms. The number of fused-ring (bicyclic) bond motifs is 2. The number of nitrogens with zero attached hydrogens (tertiary/aromatic N) is 1. The van der Waals surface area contributed by atoms with E-state index in [1.54, 1.807) is 0 Å². The number of aliphatic hydroxyl groups excluding tert-OH is 1. The third-order valence-corrected chi connectivity index (χ3v) is 3.00. The number of hydrogen-bond donors (Lipinski definition) is 2. The van der Waals surface area contributed by atoms with Gasteiger partial charge in [0.15, 0.2) is 0 Å². The largest absolute Gasteiger partial charge is 0.387 e. The normalized spacial score (nSPS) is 10.8. The number of aromatic nitrogens is 1. The molecule has 0 saturated carbocycles. The van der Waals surface area contributed by atoms with Crippen LogP contribution in [0.25, 0.3) is 21.8 Å². The Kier molecular flexibility index (Phi) is 2.85. The van der Waals surface area contributed by atoms with Crippen molar-refractivity contribution in [2.24, 2.45) is 0 Å². The molecule has 2 aromatic carbocycles. The van der Waals surface area contributed by atoms with Gasteiger partial charge in [-0.3, -0.25) is 4.79 Å². The number of nitrogens with one attached hydrogen (secondary N) is 1. The van der Waals surface area contributed by atoms with E-state index >= 15 is 0 Å². The number of amides is 1. The van der Waals surface area contributed by atoms with Gasteiger partial charge >= 0.3 is 0 Å². The summed E-state index contributed by atoms with van der Waals surface area (Å²) in [5.41, 5.74) is 2.32. The monoisotopic (exact) mass is 252 g/mol. The Balaban J connectivity index is 2.36. The molecule has 19 heavy (non-hydrogen) atoms. The fourth-order valence-corrected chi connectivity index (χ4v) is 2.15. The number of benzene rings is 2. The van der Waals surface area contributed by atoms with Crippen molar-refractivity contribution in [3.63, 3.8) is 0 Å². The first-order chi connectivity index (χ1) is 9.29. The van der Waals surface area contributed by atoms with E-state index in [4.69, 9.17) is 5.11 Å². The zero-order valence-electron chi connectivity index (χ0n) is 10.1. The van der Waals surface area contributed by atoms with Crippen molar-refractivity contribution >= 4 is 33.4 Å². The molecule has 0 aliphatic rings. The second-order valence-electron chi connectivity index (χ2n) is 4.23. The van der Waals surface area contributed by atoms with Crippen LogP contribution in [-0.4, -0.2) is 22.6 Å². The van der Waals surface area contributed by atoms with Crippen molar-refractivity contribution in [2.75, 3.05) is 11.9 Å². The number of para-hydroxylation sites is 2. The molecule has 1 heterocycles. The van der Waals surface area contributed by atoms with Gasteiger partial charge < -0.3 is 10.4 Å². The van der Waals surface area contributed by atoms with Crippen LogP contribution in [-0.2, 0) is 4.79 Å². The molecular weight excluding hydrogens is 240 g/mol. The van der Waals surface area contributed by atoms with Crippen LogP contribution in [0.2, 0.25) is 0 Å². The lowest BCUT2D eigenvalue weighted by Gasteiger charge is -2.11. The van der Waals surface area contributed by atoms with Gasteiger partial charge in [-0.1, -0.05) is 36.4 Å². The number of aliphatic hydroxyl groups is 1. The zero-order valence-corrected chi connectivity index (χ0v) is 10.1. The third kappa shape index (κ3) is 2.02. The molecule has 3 rings (SSSR count). The van der Waals surface area contributed by atoms with Crippen LogP contribution >= 0.6 is 0 Å². The average molecular weight is 252 g/mol. The summed E-state index contributed by atoms with van der Waals surface area (Å²) in [5.74, 6) is -0.429. The molecule has 3 aromatic rings. The maximum atomic E-state index is 11.5. The average Bonchev–Trinajstić information content (AvgIpc) is 2.46. The van der Waals surface area contributed by atoms with Gasteiger partial charge in [-0.05, 0) is 12.1 Å². The second-order valence-corrected chi connectivity index (χ2v) is 4.23.